The molecule has 1 aliphatic heterocycles. The van der Waals surface area contributed by atoms with Crippen molar-refractivity contribution < 1.29 is 4.79 Å². The zero-order valence-electron chi connectivity index (χ0n) is 13.4. The van der Waals surface area contributed by atoms with Crippen LogP contribution in [0.2, 0.25) is 0 Å². The molecule has 0 fully saturated rings. The first kappa shape index (κ1) is 14.4. The number of carbonyl (C=O) groups is 1. The number of nitrogens with zero attached hydrogens (tertiary/aromatic N) is 3. The second-order valence-corrected chi connectivity index (χ2v) is 5.89. The maximum atomic E-state index is 12.3. The van der Waals surface area contributed by atoms with E-state index in [0.717, 1.165) is 5.82 Å². The van der Waals surface area contributed by atoms with E-state index in [4.69, 9.17) is 0 Å². The van der Waals surface area contributed by atoms with Crippen LogP contribution in [-0.2, 0) is 6.42 Å². The highest BCUT2D eigenvalue weighted by Gasteiger charge is 2.31. The van der Waals surface area contributed by atoms with Crippen molar-refractivity contribution in [2.75, 3.05) is 19.0 Å². The van der Waals surface area contributed by atoms with Crippen molar-refractivity contribution in [3.05, 3.63) is 58.8 Å². The molecule has 0 radical (unpaired) electrons. The fourth-order valence-electron chi connectivity index (χ4n) is 2.88. The molecule has 1 aromatic heterocycles. The lowest BCUT2D eigenvalue weighted by Gasteiger charge is -2.32. The van der Waals surface area contributed by atoms with Gasteiger partial charge < -0.3 is 9.88 Å². The van der Waals surface area contributed by atoms with Gasteiger partial charge in [-0.1, -0.05) is 35.9 Å². The number of anilines is 1. The first-order valence-corrected chi connectivity index (χ1v) is 7.23. The van der Waals surface area contributed by atoms with E-state index < -0.39 is 0 Å². The van der Waals surface area contributed by atoms with Crippen molar-refractivity contribution in [3.63, 3.8) is 0 Å². The smallest absolute Gasteiger partial charge is 0.279 e. The Morgan fingerprint density at radius 2 is 1.77 bits per heavy atom. The van der Waals surface area contributed by atoms with Crippen LogP contribution in [0.5, 0.6) is 0 Å². The molecule has 22 heavy (non-hydrogen) atoms. The Labute approximate surface area is 130 Å². The quantitative estimate of drug-likeness (QED) is 0.927. The number of H-pyrrole nitrogens is 1. The number of fused-ring (bicyclic) bond motifs is 1. The Balaban J connectivity index is 1.96. The summed E-state index contributed by atoms with van der Waals surface area (Å²) in [6, 6.07) is 6.43. The predicted octanol–water partition coefficient (Wildman–Crippen LogP) is 2.61. The molecule has 2 aromatic rings. The molecule has 0 atom stereocenters. The summed E-state index contributed by atoms with van der Waals surface area (Å²) < 4.78 is 0. The van der Waals surface area contributed by atoms with Crippen molar-refractivity contribution in [3.8, 4) is 0 Å². The zero-order valence-corrected chi connectivity index (χ0v) is 13.4. The van der Waals surface area contributed by atoms with Crippen LogP contribution >= 0.6 is 0 Å². The summed E-state index contributed by atoms with van der Waals surface area (Å²) in [5, 5.41) is 0. The largest absolute Gasteiger partial charge is 0.336 e. The number of benzene rings is 1. The molecule has 0 saturated heterocycles. The molecule has 2 heterocycles. The summed E-state index contributed by atoms with van der Waals surface area (Å²) >= 11 is 0. The van der Waals surface area contributed by atoms with E-state index >= 15 is 0 Å². The highest BCUT2D eigenvalue weighted by atomic mass is 16.2. The van der Waals surface area contributed by atoms with E-state index in [0.29, 0.717) is 23.8 Å². The Bertz CT molecular complexity index is 755. The number of carbonyl (C=O) groups excluding carboxylic acids is 1. The van der Waals surface area contributed by atoms with E-state index in [-0.39, 0.29) is 5.91 Å². The molecule has 1 aliphatic rings. The third kappa shape index (κ3) is 2.28. The SMILES string of the molecule is C=C1N(C)C(=O)c2[nH]c(Cc3cc(C)cc(C)c3)nc2N1C. The minimum absolute atomic E-state index is 0.0997. The Hall–Kier alpha value is -2.56. The monoisotopic (exact) mass is 296 g/mol. The number of hydrogen-bond donors (Lipinski definition) is 1. The molecule has 0 unspecified atom stereocenters. The van der Waals surface area contributed by atoms with E-state index in [1.54, 1.807) is 7.05 Å². The lowest BCUT2D eigenvalue weighted by Crippen LogP contribution is -2.40. The molecule has 3 rings (SSSR count). The second-order valence-electron chi connectivity index (χ2n) is 5.89. The minimum Gasteiger partial charge on any atom is -0.336 e. The number of nitrogens with one attached hydrogen (secondary N) is 1. The average Bonchev–Trinajstić information content (AvgIpc) is 2.85. The first-order chi connectivity index (χ1) is 10.4. The van der Waals surface area contributed by atoms with Crippen molar-refractivity contribution in [2.45, 2.75) is 20.3 Å². The molecule has 5 heteroatoms. The Kier molecular flexibility index (Phi) is 3.28. The molecule has 0 bridgehead atoms. The van der Waals surface area contributed by atoms with Crippen LogP contribution in [0, 0.1) is 13.8 Å². The molecule has 0 saturated carbocycles. The molecule has 5 nitrogen and oxygen atoms in total. The topological polar surface area (TPSA) is 52.2 Å². The molecule has 0 aliphatic carbocycles. The van der Waals surface area contributed by atoms with Crippen LogP contribution in [0.4, 0.5) is 5.82 Å². The van der Waals surface area contributed by atoms with Crippen LogP contribution in [0.1, 0.15) is 33.0 Å². The van der Waals surface area contributed by atoms with Crippen LogP contribution in [0.25, 0.3) is 0 Å². The van der Waals surface area contributed by atoms with Gasteiger partial charge in [-0.15, -0.1) is 0 Å². The van der Waals surface area contributed by atoms with Gasteiger partial charge in [0, 0.05) is 20.5 Å². The van der Waals surface area contributed by atoms with Crippen molar-refractivity contribution in [1.29, 1.82) is 0 Å². The number of rotatable bonds is 2. The fraction of sp³-hybridized carbons (Fsp3) is 0.294. The van der Waals surface area contributed by atoms with Crippen LogP contribution in [0.15, 0.2) is 30.6 Å². The summed E-state index contributed by atoms with van der Waals surface area (Å²) in [5.41, 5.74) is 4.17. The van der Waals surface area contributed by atoms with Gasteiger partial charge in [-0.3, -0.25) is 9.69 Å². The van der Waals surface area contributed by atoms with Gasteiger partial charge in [0.2, 0.25) is 0 Å². The molecule has 1 aromatic carbocycles. The fourth-order valence-corrected chi connectivity index (χ4v) is 2.88. The first-order valence-electron chi connectivity index (χ1n) is 7.23. The number of aromatic amines is 1. The van der Waals surface area contributed by atoms with E-state index in [2.05, 4.69) is 48.6 Å². The summed E-state index contributed by atoms with van der Waals surface area (Å²) in [7, 11) is 3.58. The molecule has 0 spiro atoms. The maximum Gasteiger partial charge on any atom is 0.279 e. The number of aromatic nitrogens is 2. The summed E-state index contributed by atoms with van der Waals surface area (Å²) in [6.45, 7) is 8.09. The molecule has 1 amide bonds. The van der Waals surface area contributed by atoms with E-state index in [1.807, 2.05) is 11.9 Å². The third-order valence-corrected chi connectivity index (χ3v) is 4.00. The molecule has 1 N–H and O–H groups in total. The predicted molar refractivity (Wildman–Crippen MR) is 86.9 cm³/mol. The third-order valence-electron chi connectivity index (χ3n) is 4.00. The number of hydrogen-bond acceptors (Lipinski definition) is 3. The van der Waals surface area contributed by atoms with Gasteiger partial charge in [-0.05, 0) is 19.4 Å². The van der Waals surface area contributed by atoms with E-state index in [1.165, 1.54) is 21.6 Å². The summed E-state index contributed by atoms with van der Waals surface area (Å²) in [4.78, 5) is 23.4. The van der Waals surface area contributed by atoms with Crippen molar-refractivity contribution in [2.24, 2.45) is 0 Å². The number of amides is 1. The number of aryl methyl sites for hydroxylation is 2. The normalized spacial score (nSPS) is 14.5. The zero-order chi connectivity index (χ0) is 16.0. The van der Waals surface area contributed by atoms with Gasteiger partial charge in [0.15, 0.2) is 5.82 Å². The summed E-state index contributed by atoms with van der Waals surface area (Å²) in [6.07, 6.45) is 0.673. The van der Waals surface area contributed by atoms with Gasteiger partial charge in [0.05, 0.1) is 0 Å². The highest BCUT2D eigenvalue weighted by Crippen LogP contribution is 2.28. The number of imidazole rings is 1. The Morgan fingerprint density at radius 1 is 1.14 bits per heavy atom. The van der Waals surface area contributed by atoms with Crippen LogP contribution in [-0.4, -0.2) is 34.9 Å². The standard InChI is InChI=1S/C17H20N4O/c1-10-6-11(2)8-13(7-10)9-14-18-15-16(19-14)20(4)12(3)21(5)17(15)22/h6-8H,3,9H2,1-2,4-5H3,(H,18,19). The minimum atomic E-state index is -0.0997. The van der Waals surface area contributed by atoms with Crippen molar-refractivity contribution in [1.82, 2.24) is 14.9 Å². The van der Waals surface area contributed by atoms with Gasteiger partial charge in [-0.2, -0.15) is 0 Å². The van der Waals surface area contributed by atoms with Crippen LogP contribution < -0.4 is 4.90 Å². The average molecular weight is 296 g/mol. The lowest BCUT2D eigenvalue weighted by atomic mass is 10.1. The van der Waals surface area contributed by atoms with Crippen molar-refractivity contribution >= 4 is 11.7 Å². The highest BCUT2D eigenvalue weighted by molar-refractivity contribution is 6.00. The molecule has 114 valence electrons. The van der Waals surface area contributed by atoms with Gasteiger partial charge in [0.1, 0.15) is 17.3 Å². The van der Waals surface area contributed by atoms with Crippen LogP contribution in [0.3, 0.4) is 0 Å². The van der Waals surface area contributed by atoms with Gasteiger partial charge in [0.25, 0.3) is 5.91 Å². The van der Waals surface area contributed by atoms with E-state index in [9.17, 15) is 4.79 Å². The van der Waals surface area contributed by atoms with Gasteiger partial charge in [-0.25, -0.2) is 4.98 Å². The second kappa shape index (κ2) is 5.02. The summed E-state index contributed by atoms with van der Waals surface area (Å²) in [5.74, 6) is 1.96. The molecular weight excluding hydrogens is 276 g/mol. The Morgan fingerprint density at radius 3 is 2.41 bits per heavy atom. The lowest BCUT2D eigenvalue weighted by molar-refractivity contribution is 0.0821. The molecular formula is C17H20N4O. The maximum absolute atomic E-state index is 12.3. The van der Waals surface area contributed by atoms with Gasteiger partial charge >= 0.3 is 0 Å².